The number of carbonyl (C=O) groups excluding carboxylic acids is 2. The molecule has 1 N–H and O–H groups in total. The summed E-state index contributed by atoms with van der Waals surface area (Å²) in [7, 11) is 3.00. The van der Waals surface area contributed by atoms with Crippen molar-refractivity contribution in [2.24, 2.45) is 0 Å². The molecule has 176 valence electrons. The maximum atomic E-state index is 13.8. The monoisotopic (exact) mass is 489 g/mol. The number of carbonyl (C=O) groups is 2. The van der Waals surface area contributed by atoms with Gasteiger partial charge in [-0.25, -0.2) is 0 Å². The summed E-state index contributed by atoms with van der Waals surface area (Å²) in [4.78, 5) is 28.4. The van der Waals surface area contributed by atoms with E-state index in [-0.39, 0.29) is 11.3 Å². The molecule has 0 radical (unpaired) electrons. The second kappa shape index (κ2) is 8.85. The molecule has 2 heterocycles. The molecule has 0 aliphatic carbocycles. The lowest BCUT2D eigenvalue weighted by atomic mass is 9.94. The quantitative estimate of drug-likeness (QED) is 0.340. The number of hydrogen-bond acceptors (Lipinski definition) is 6. The number of nitrogens with zero attached hydrogens (tertiary/aromatic N) is 1. The molecule has 1 aliphatic heterocycles. The highest BCUT2D eigenvalue weighted by molar-refractivity contribution is 6.31. The minimum Gasteiger partial charge on any atom is -0.503 e. The zero-order valence-electron chi connectivity index (χ0n) is 18.8. The average molecular weight is 490 g/mol. The van der Waals surface area contributed by atoms with Crippen molar-refractivity contribution in [1.82, 2.24) is 0 Å². The van der Waals surface area contributed by atoms with Gasteiger partial charge in [0.25, 0.3) is 5.91 Å². The minimum atomic E-state index is -0.911. The van der Waals surface area contributed by atoms with Crippen molar-refractivity contribution >= 4 is 39.9 Å². The topological polar surface area (TPSA) is 89.2 Å². The van der Waals surface area contributed by atoms with Crippen LogP contribution in [-0.4, -0.2) is 31.0 Å². The number of benzene rings is 3. The lowest BCUT2D eigenvalue weighted by molar-refractivity contribution is -0.117. The molecule has 1 atom stereocenters. The Morgan fingerprint density at radius 1 is 1.00 bits per heavy atom. The molecule has 4 aromatic rings. The summed E-state index contributed by atoms with van der Waals surface area (Å²) in [5.41, 5.74) is 1.35. The van der Waals surface area contributed by atoms with E-state index in [4.69, 9.17) is 25.5 Å². The number of furan rings is 1. The van der Waals surface area contributed by atoms with E-state index in [1.54, 1.807) is 60.7 Å². The zero-order chi connectivity index (χ0) is 24.7. The molecule has 7 nitrogen and oxygen atoms in total. The zero-order valence-corrected chi connectivity index (χ0v) is 19.6. The number of aliphatic hydroxyl groups is 1. The first-order chi connectivity index (χ1) is 16.9. The van der Waals surface area contributed by atoms with Crippen molar-refractivity contribution in [2.45, 2.75) is 6.04 Å². The van der Waals surface area contributed by atoms with Gasteiger partial charge in [0, 0.05) is 22.2 Å². The predicted molar refractivity (Wildman–Crippen MR) is 131 cm³/mol. The molecule has 1 aliphatic rings. The van der Waals surface area contributed by atoms with Gasteiger partial charge in [0.05, 0.1) is 25.8 Å². The number of aliphatic hydroxyl groups excluding tert-OH is 1. The third kappa shape index (κ3) is 3.80. The van der Waals surface area contributed by atoms with Crippen molar-refractivity contribution < 1.29 is 28.6 Å². The molecule has 0 fully saturated rings. The number of ether oxygens (including phenoxy) is 2. The van der Waals surface area contributed by atoms with Crippen LogP contribution >= 0.6 is 11.6 Å². The Hall–Kier alpha value is -4.23. The average Bonchev–Trinajstić information content (AvgIpc) is 3.42. The molecule has 0 saturated heterocycles. The molecule has 5 rings (SSSR count). The van der Waals surface area contributed by atoms with E-state index in [0.717, 1.165) is 0 Å². The van der Waals surface area contributed by atoms with Gasteiger partial charge in [0.15, 0.2) is 22.9 Å². The van der Waals surface area contributed by atoms with Crippen molar-refractivity contribution in [1.29, 1.82) is 0 Å². The van der Waals surface area contributed by atoms with Crippen LogP contribution in [0.5, 0.6) is 11.5 Å². The number of rotatable bonds is 6. The van der Waals surface area contributed by atoms with E-state index in [2.05, 4.69) is 0 Å². The number of methoxy groups -OCH3 is 2. The summed E-state index contributed by atoms with van der Waals surface area (Å²) in [5.74, 6) is -1.11. The molecule has 1 unspecified atom stereocenters. The smallest absolute Gasteiger partial charge is 0.294 e. The lowest BCUT2D eigenvalue weighted by Gasteiger charge is -2.27. The van der Waals surface area contributed by atoms with Gasteiger partial charge in [-0.2, -0.15) is 0 Å². The summed E-state index contributed by atoms with van der Waals surface area (Å²) in [5, 5.41) is 11.9. The molecule has 0 saturated carbocycles. The Balaban J connectivity index is 1.67. The number of amides is 1. The fourth-order valence-electron chi connectivity index (χ4n) is 4.30. The summed E-state index contributed by atoms with van der Waals surface area (Å²) in [6.07, 6.45) is 0. The van der Waals surface area contributed by atoms with E-state index >= 15 is 0 Å². The van der Waals surface area contributed by atoms with Gasteiger partial charge >= 0.3 is 0 Å². The van der Waals surface area contributed by atoms with Crippen molar-refractivity contribution in [3.63, 3.8) is 0 Å². The van der Waals surface area contributed by atoms with Gasteiger partial charge in [0.1, 0.15) is 5.75 Å². The summed E-state index contributed by atoms with van der Waals surface area (Å²) < 4.78 is 16.5. The van der Waals surface area contributed by atoms with Gasteiger partial charge in [0.2, 0.25) is 5.78 Å². The normalized spacial score (nSPS) is 15.7. The number of fused-ring (bicyclic) bond motifs is 1. The summed E-state index contributed by atoms with van der Waals surface area (Å²) in [6, 6.07) is 19.7. The highest BCUT2D eigenvalue weighted by atomic mass is 35.5. The Kier molecular flexibility index (Phi) is 5.70. The van der Waals surface area contributed by atoms with Crippen LogP contribution in [0.3, 0.4) is 0 Å². The molecule has 1 amide bonds. The first-order valence-corrected chi connectivity index (χ1v) is 11.1. The molecule has 35 heavy (non-hydrogen) atoms. The Morgan fingerprint density at radius 3 is 2.49 bits per heavy atom. The predicted octanol–water partition coefficient (Wildman–Crippen LogP) is 5.89. The fraction of sp³-hybridized carbons (Fsp3) is 0.111. The van der Waals surface area contributed by atoms with Gasteiger partial charge in [-0.3, -0.25) is 14.5 Å². The molecule has 1 aromatic heterocycles. The van der Waals surface area contributed by atoms with Crippen molar-refractivity contribution in [3.05, 3.63) is 100 Å². The number of anilines is 1. The van der Waals surface area contributed by atoms with E-state index in [1.807, 2.05) is 6.07 Å². The van der Waals surface area contributed by atoms with Crippen LogP contribution in [-0.2, 0) is 4.79 Å². The first-order valence-electron chi connectivity index (χ1n) is 10.7. The molecule has 3 aromatic carbocycles. The Labute approximate surface area is 205 Å². The standard InChI is InChI=1S/C27H20ClNO6/c1-33-19-10-6-7-15(12-19)23-22(25(31)27(32)29(23)18-8-4-3-5-9-18)24(30)20-13-16-11-17(28)14-21(34-2)26(16)35-20/h3-14,23,31H,1-2H3. The Bertz CT molecular complexity index is 1490. The second-order valence-electron chi connectivity index (χ2n) is 7.92. The van der Waals surface area contributed by atoms with Gasteiger partial charge < -0.3 is 19.0 Å². The molecular weight excluding hydrogens is 470 g/mol. The summed E-state index contributed by atoms with van der Waals surface area (Å²) in [6.45, 7) is 0. The number of Topliss-reactive ketones (excluding diaryl/α,β-unsaturated/α-hetero) is 1. The van der Waals surface area contributed by atoms with Crippen molar-refractivity contribution in [2.75, 3.05) is 19.1 Å². The third-order valence-corrected chi connectivity index (χ3v) is 6.11. The van der Waals surface area contributed by atoms with Crippen molar-refractivity contribution in [3.8, 4) is 11.5 Å². The van der Waals surface area contributed by atoms with Crippen LogP contribution < -0.4 is 14.4 Å². The number of hydrogen-bond donors (Lipinski definition) is 1. The van der Waals surface area contributed by atoms with Crippen LogP contribution in [0.25, 0.3) is 11.0 Å². The highest BCUT2D eigenvalue weighted by Crippen LogP contribution is 2.43. The van der Waals surface area contributed by atoms with Gasteiger partial charge in [-0.1, -0.05) is 41.9 Å². The van der Waals surface area contributed by atoms with Gasteiger partial charge in [-0.05, 0) is 42.0 Å². The maximum Gasteiger partial charge on any atom is 0.294 e. The van der Waals surface area contributed by atoms with Crippen LogP contribution in [0.4, 0.5) is 5.69 Å². The van der Waals surface area contributed by atoms with Crippen LogP contribution in [0.1, 0.15) is 22.2 Å². The molecular formula is C27H20ClNO6. The Morgan fingerprint density at radius 2 is 1.77 bits per heavy atom. The third-order valence-electron chi connectivity index (χ3n) is 5.89. The van der Waals surface area contributed by atoms with E-state index in [1.165, 1.54) is 25.2 Å². The fourth-order valence-corrected chi connectivity index (χ4v) is 4.52. The molecule has 0 spiro atoms. The van der Waals surface area contributed by atoms with Crippen LogP contribution in [0.2, 0.25) is 5.02 Å². The highest BCUT2D eigenvalue weighted by Gasteiger charge is 2.45. The SMILES string of the molecule is COc1cccc(C2C(C(=O)c3cc4cc(Cl)cc(OC)c4o3)=C(O)C(=O)N2c2ccccc2)c1. The maximum absolute atomic E-state index is 13.8. The van der Waals surface area contributed by atoms with Crippen LogP contribution in [0, 0.1) is 0 Å². The number of halogens is 1. The van der Waals surface area contributed by atoms with E-state index in [0.29, 0.717) is 38.7 Å². The van der Waals surface area contributed by atoms with E-state index in [9.17, 15) is 14.7 Å². The molecule has 0 bridgehead atoms. The molecule has 8 heteroatoms. The minimum absolute atomic E-state index is 0.0577. The van der Waals surface area contributed by atoms with Crippen LogP contribution in [0.15, 0.2) is 88.5 Å². The second-order valence-corrected chi connectivity index (χ2v) is 8.35. The van der Waals surface area contributed by atoms with Gasteiger partial charge in [-0.15, -0.1) is 0 Å². The first kappa shape index (κ1) is 22.6. The number of para-hydroxylation sites is 1. The van der Waals surface area contributed by atoms with E-state index < -0.39 is 23.5 Å². The number of ketones is 1. The summed E-state index contributed by atoms with van der Waals surface area (Å²) >= 11 is 6.16. The largest absolute Gasteiger partial charge is 0.503 e. The lowest BCUT2D eigenvalue weighted by Crippen LogP contribution is -2.31.